The zero-order valence-corrected chi connectivity index (χ0v) is 24.3. The summed E-state index contributed by atoms with van der Waals surface area (Å²) in [6.45, 7) is 10.8. The van der Waals surface area contributed by atoms with Crippen LogP contribution in [0.5, 0.6) is 0 Å². The normalized spacial score (nSPS) is 11.9. The Labute approximate surface area is 239 Å². The number of hydrogen-bond donors (Lipinski definition) is 0. The molecular formula is C37H34F2NO+. The first kappa shape index (κ1) is 26.9. The Morgan fingerprint density at radius 2 is 1.29 bits per heavy atom. The van der Waals surface area contributed by atoms with Crippen LogP contribution in [0.1, 0.15) is 56.2 Å². The summed E-state index contributed by atoms with van der Waals surface area (Å²) in [5, 5.41) is 2.21. The number of benzene rings is 4. The second-order valence-corrected chi connectivity index (χ2v) is 11.6. The lowest BCUT2D eigenvalue weighted by atomic mass is 9.82. The van der Waals surface area contributed by atoms with Gasteiger partial charge in [0.1, 0.15) is 29.8 Å². The van der Waals surface area contributed by atoms with Gasteiger partial charge in [-0.3, -0.25) is 0 Å². The van der Waals surface area contributed by atoms with Crippen molar-refractivity contribution in [1.29, 1.82) is 0 Å². The van der Waals surface area contributed by atoms with Crippen molar-refractivity contribution in [3.05, 3.63) is 113 Å². The molecule has 0 bridgehead atoms. The quantitative estimate of drug-likeness (QED) is 0.197. The molecule has 0 N–H and O–H groups in total. The van der Waals surface area contributed by atoms with Crippen LogP contribution in [0.3, 0.4) is 0 Å². The third kappa shape index (κ3) is 4.72. The van der Waals surface area contributed by atoms with Crippen LogP contribution in [0.2, 0.25) is 0 Å². The van der Waals surface area contributed by atoms with E-state index in [-0.39, 0.29) is 11.8 Å². The summed E-state index contributed by atoms with van der Waals surface area (Å²) in [6, 6.07) is 24.8. The molecule has 0 atom stereocenters. The Bertz CT molecular complexity index is 1900. The maximum absolute atomic E-state index is 14.2. The van der Waals surface area contributed by atoms with Gasteiger partial charge in [0.25, 0.3) is 0 Å². The van der Waals surface area contributed by atoms with Crippen LogP contribution in [0.15, 0.2) is 89.5 Å². The van der Waals surface area contributed by atoms with Crippen LogP contribution in [0.4, 0.5) is 8.78 Å². The molecule has 0 aliphatic heterocycles. The monoisotopic (exact) mass is 546 g/mol. The molecule has 0 fully saturated rings. The van der Waals surface area contributed by atoms with Gasteiger partial charge in [-0.25, -0.2) is 13.3 Å². The molecule has 2 nitrogen and oxygen atoms in total. The third-order valence-electron chi connectivity index (χ3n) is 8.09. The van der Waals surface area contributed by atoms with Gasteiger partial charge in [0.15, 0.2) is 6.20 Å². The first-order valence-electron chi connectivity index (χ1n) is 14.2. The number of hydrogen-bond acceptors (Lipinski definition) is 1. The molecule has 41 heavy (non-hydrogen) atoms. The van der Waals surface area contributed by atoms with Crippen molar-refractivity contribution in [3.8, 4) is 33.5 Å². The molecule has 4 aromatic carbocycles. The molecule has 0 saturated heterocycles. The van der Waals surface area contributed by atoms with Gasteiger partial charge < -0.3 is 4.42 Å². The van der Waals surface area contributed by atoms with Gasteiger partial charge in [-0.05, 0) is 75.9 Å². The summed E-state index contributed by atoms with van der Waals surface area (Å²) >= 11 is 0. The number of furan rings is 1. The van der Waals surface area contributed by atoms with E-state index in [9.17, 15) is 8.78 Å². The van der Waals surface area contributed by atoms with Crippen molar-refractivity contribution in [1.82, 2.24) is 0 Å². The van der Waals surface area contributed by atoms with E-state index in [0.717, 1.165) is 67.1 Å². The van der Waals surface area contributed by atoms with E-state index in [0.29, 0.717) is 5.56 Å². The molecule has 0 radical (unpaired) electrons. The topological polar surface area (TPSA) is 17.0 Å². The molecular weight excluding hydrogens is 512 g/mol. The molecule has 4 heteroatoms. The van der Waals surface area contributed by atoms with Gasteiger partial charge >= 0.3 is 0 Å². The first-order chi connectivity index (χ1) is 19.6. The fourth-order valence-electron chi connectivity index (χ4n) is 6.00. The second-order valence-electron chi connectivity index (χ2n) is 11.6. The summed E-state index contributed by atoms with van der Waals surface area (Å²) in [5.41, 5.74) is 11.0. The van der Waals surface area contributed by atoms with Gasteiger partial charge in [-0.2, -0.15) is 0 Å². The molecule has 0 aliphatic carbocycles. The summed E-state index contributed by atoms with van der Waals surface area (Å²) in [4.78, 5) is 0. The Morgan fingerprint density at radius 1 is 0.659 bits per heavy atom. The molecule has 6 aromatic rings. The standard InChI is InChI=1S/C37H34F2NO/c1-21(2)31-17-26(25-15-27(38)20-28(39)16-25)18-32(22(3)4)36(31)24-13-14-40(6)33(19-24)35-23(5)11-12-30-29-9-7-8-10-34(29)41-37(30)35/h7-22H,1-6H3/q+1. The number of aryl methyl sites for hydroxylation is 2. The fraction of sp³-hybridized carbons (Fsp3) is 0.216. The zero-order valence-electron chi connectivity index (χ0n) is 24.3. The number of halogens is 2. The molecule has 2 aromatic heterocycles. The van der Waals surface area contributed by atoms with Crippen molar-refractivity contribution in [3.63, 3.8) is 0 Å². The molecule has 0 saturated carbocycles. The number of para-hydroxylation sites is 1. The Balaban J connectivity index is 1.61. The zero-order chi connectivity index (χ0) is 29.0. The Hall–Kier alpha value is -4.31. The van der Waals surface area contributed by atoms with Gasteiger partial charge in [0, 0.05) is 29.0 Å². The van der Waals surface area contributed by atoms with Gasteiger partial charge in [-0.1, -0.05) is 70.2 Å². The van der Waals surface area contributed by atoms with Crippen LogP contribution in [0, 0.1) is 18.6 Å². The number of rotatable bonds is 5. The predicted molar refractivity (Wildman–Crippen MR) is 164 cm³/mol. The van der Waals surface area contributed by atoms with Crippen LogP contribution < -0.4 is 4.57 Å². The Morgan fingerprint density at radius 3 is 1.95 bits per heavy atom. The predicted octanol–water partition coefficient (Wildman–Crippen LogP) is 10.2. The minimum atomic E-state index is -0.573. The van der Waals surface area contributed by atoms with Crippen LogP contribution in [0.25, 0.3) is 55.4 Å². The molecule has 2 heterocycles. The Kier molecular flexibility index (Phi) is 6.73. The van der Waals surface area contributed by atoms with Crippen LogP contribution in [-0.4, -0.2) is 0 Å². The smallest absolute Gasteiger partial charge is 0.216 e. The van der Waals surface area contributed by atoms with Crippen molar-refractivity contribution in [2.45, 2.75) is 46.5 Å². The van der Waals surface area contributed by atoms with Crippen molar-refractivity contribution < 1.29 is 17.8 Å². The molecule has 0 spiro atoms. The first-order valence-corrected chi connectivity index (χ1v) is 14.2. The fourth-order valence-corrected chi connectivity index (χ4v) is 6.00. The van der Waals surface area contributed by atoms with E-state index in [1.807, 2.05) is 18.2 Å². The highest BCUT2D eigenvalue weighted by Gasteiger charge is 2.24. The summed E-state index contributed by atoms with van der Waals surface area (Å²) in [5.74, 6) is -0.759. The van der Waals surface area contributed by atoms with Gasteiger partial charge in [0.2, 0.25) is 5.69 Å². The SMILES string of the molecule is Cc1ccc2c(oc3ccccc32)c1-c1cc(-c2c(C(C)C)cc(-c3cc(F)cc(F)c3)cc2C(C)C)cc[n+]1C. The third-order valence-corrected chi connectivity index (χ3v) is 8.09. The summed E-state index contributed by atoms with van der Waals surface area (Å²) < 4.78 is 37.0. The van der Waals surface area contributed by atoms with Gasteiger partial charge in [0.05, 0.1) is 5.56 Å². The molecule has 0 unspecified atom stereocenters. The van der Waals surface area contributed by atoms with E-state index in [1.54, 1.807) is 0 Å². The van der Waals surface area contributed by atoms with Crippen molar-refractivity contribution >= 4 is 21.9 Å². The van der Waals surface area contributed by atoms with E-state index >= 15 is 0 Å². The minimum Gasteiger partial charge on any atom is -0.455 e. The number of fused-ring (bicyclic) bond motifs is 3. The highest BCUT2D eigenvalue weighted by Crippen LogP contribution is 2.42. The highest BCUT2D eigenvalue weighted by molar-refractivity contribution is 6.09. The average molecular weight is 547 g/mol. The lowest BCUT2D eigenvalue weighted by Crippen LogP contribution is -2.30. The second kappa shape index (κ2) is 10.3. The molecule has 0 aliphatic rings. The van der Waals surface area contributed by atoms with Crippen molar-refractivity contribution in [2.75, 3.05) is 0 Å². The lowest BCUT2D eigenvalue weighted by molar-refractivity contribution is -0.660. The number of aromatic nitrogens is 1. The largest absolute Gasteiger partial charge is 0.455 e. The molecule has 206 valence electrons. The van der Waals surface area contributed by atoms with Crippen molar-refractivity contribution in [2.24, 2.45) is 7.05 Å². The maximum Gasteiger partial charge on any atom is 0.216 e. The van der Waals surface area contributed by atoms with Crippen LogP contribution >= 0.6 is 0 Å². The minimum absolute atomic E-state index is 0.193. The number of pyridine rings is 1. The van der Waals surface area contributed by atoms with E-state index < -0.39 is 11.6 Å². The highest BCUT2D eigenvalue weighted by atomic mass is 19.1. The summed E-state index contributed by atoms with van der Waals surface area (Å²) in [6.07, 6.45) is 2.11. The maximum atomic E-state index is 14.2. The summed E-state index contributed by atoms with van der Waals surface area (Å²) in [7, 11) is 2.06. The molecule has 6 rings (SSSR count). The van der Waals surface area contributed by atoms with Crippen LogP contribution in [-0.2, 0) is 7.05 Å². The lowest BCUT2D eigenvalue weighted by Gasteiger charge is -2.22. The average Bonchev–Trinajstić information content (AvgIpc) is 3.31. The van der Waals surface area contributed by atoms with Gasteiger partial charge in [-0.15, -0.1) is 0 Å². The van der Waals surface area contributed by atoms with E-state index in [2.05, 4.69) is 94.9 Å². The number of nitrogens with zero attached hydrogens (tertiary/aromatic N) is 1. The van der Waals surface area contributed by atoms with E-state index in [4.69, 9.17) is 4.42 Å². The molecule has 0 amide bonds. The van der Waals surface area contributed by atoms with E-state index in [1.165, 1.54) is 17.7 Å².